The smallest absolute Gasteiger partial charge is 0.231 e. The summed E-state index contributed by atoms with van der Waals surface area (Å²) in [4.78, 5) is 25.0. The molecular weight excluding hydrogens is 348 g/mol. The van der Waals surface area contributed by atoms with Gasteiger partial charge >= 0.3 is 0 Å². The van der Waals surface area contributed by atoms with Gasteiger partial charge in [-0.1, -0.05) is 19.8 Å². The maximum Gasteiger partial charge on any atom is 0.231 e. The fraction of sp³-hybridized carbons (Fsp3) is 0.783. The van der Waals surface area contributed by atoms with Gasteiger partial charge in [-0.2, -0.15) is 0 Å². The molecule has 5 aliphatic rings. The molecule has 0 radical (unpaired) electrons. The highest BCUT2D eigenvalue weighted by Crippen LogP contribution is 2.60. The molecule has 6 rings (SSSR count). The summed E-state index contributed by atoms with van der Waals surface area (Å²) in [5, 5.41) is 3.29. The molecule has 0 unspecified atom stereocenters. The number of carbonyl (C=O) groups is 1. The number of nitrogens with one attached hydrogen (secondary N) is 1. The highest BCUT2D eigenvalue weighted by atomic mass is 16.2. The van der Waals surface area contributed by atoms with E-state index in [1.54, 1.807) is 6.33 Å². The van der Waals surface area contributed by atoms with Crippen LogP contribution in [0.4, 0.5) is 5.82 Å². The van der Waals surface area contributed by atoms with E-state index in [0.717, 1.165) is 74.6 Å². The minimum Gasteiger partial charge on any atom is -0.310 e. The lowest BCUT2D eigenvalue weighted by Crippen LogP contribution is -2.52. The molecule has 1 aromatic heterocycles. The van der Waals surface area contributed by atoms with Crippen LogP contribution in [0.2, 0.25) is 0 Å². The lowest BCUT2D eigenvalue weighted by atomic mass is 9.49. The van der Waals surface area contributed by atoms with Crippen molar-refractivity contribution in [3.8, 4) is 0 Å². The second-order valence-corrected chi connectivity index (χ2v) is 10.0. The summed E-state index contributed by atoms with van der Waals surface area (Å²) < 4.78 is 0. The third kappa shape index (κ3) is 3.36. The monoisotopic (exact) mass is 382 g/mol. The van der Waals surface area contributed by atoms with Gasteiger partial charge in [-0.3, -0.25) is 9.69 Å². The molecule has 0 aromatic carbocycles. The van der Waals surface area contributed by atoms with Crippen LogP contribution in [0.5, 0.6) is 0 Å². The second-order valence-electron chi connectivity index (χ2n) is 10.0. The van der Waals surface area contributed by atoms with Gasteiger partial charge in [0, 0.05) is 18.7 Å². The maximum absolute atomic E-state index is 13.4. The quantitative estimate of drug-likeness (QED) is 0.750. The topological polar surface area (TPSA) is 58.1 Å². The molecule has 1 amide bonds. The number of hydrogen-bond donors (Lipinski definition) is 1. The molecule has 0 atom stereocenters. The first-order chi connectivity index (χ1) is 13.6. The van der Waals surface area contributed by atoms with Crippen LogP contribution in [0.3, 0.4) is 0 Å². The van der Waals surface area contributed by atoms with Gasteiger partial charge in [-0.15, -0.1) is 0 Å². The first-order valence-corrected chi connectivity index (χ1v) is 11.5. The molecule has 4 bridgehead atoms. The predicted molar refractivity (Wildman–Crippen MR) is 110 cm³/mol. The summed E-state index contributed by atoms with van der Waals surface area (Å²) in [6.45, 7) is 5.33. The zero-order valence-electron chi connectivity index (χ0n) is 17.3. The predicted octanol–water partition coefficient (Wildman–Crippen LogP) is 4.18. The first-order valence-electron chi connectivity index (χ1n) is 11.5. The van der Waals surface area contributed by atoms with Crippen LogP contribution in [-0.4, -0.2) is 33.9 Å². The van der Waals surface area contributed by atoms with Gasteiger partial charge < -0.3 is 5.32 Å². The van der Waals surface area contributed by atoms with Crippen molar-refractivity contribution in [2.75, 3.05) is 18.4 Å². The summed E-state index contributed by atoms with van der Waals surface area (Å²) in [6.07, 6.45) is 13.8. The van der Waals surface area contributed by atoms with Crippen LogP contribution in [0.15, 0.2) is 6.33 Å². The standard InChI is InChI=1S/C23H34N4O/c1-2-3-4-6-27-7-5-19-20(14-27)24-15-25-21(19)26-22(28)23-11-16-8-17(12-23)10-18(9-16)13-23/h15-18H,2-14H2,1H3,(H,24,25,26,28). The molecule has 1 N–H and O–H groups in total. The summed E-state index contributed by atoms with van der Waals surface area (Å²) in [7, 11) is 0. The van der Waals surface area contributed by atoms with Gasteiger partial charge in [0.15, 0.2) is 0 Å². The van der Waals surface area contributed by atoms with Crippen molar-refractivity contribution in [2.24, 2.45) is 23.2 Å². The third-order valence-electron chi connectivity index (χ3n) is 7.92. The fourth-order valence-corrected chi connectivity index (χ4v) is 6.92. The highest BCUT2D eigenvalue weighted by Gasteiger charge is 2.54. The number of rotatable bonds is 6. The van der Waals surface area contributed by atoms with E-state index in [1.807, 2.05) is 0 Å². The van der Waals surface area contributed by atoms with Crippen molar-refractivity contribution in [3.63, 3.8) is 0 Å². The molecule has 0 spiro atoms. The largest absolute Gasteiger partial charge is 0.310 e. The summed E-state index contributed by atoms with van der Waals surface area (Å²) in [5.41, 5.74) is 2.17. The van der Waals surface area contributed by atoms with Gasteiger partial charge in [-0.25, -0.2) is 9.97 Å². The van der Waals surface area contributed by atoms with E-state index in [9.17, 15) is 4.79 Å². The minimum atomic E-state index is -0.118. The summed E-state index contributed by atoms with van der Waals surface area (Å²) in [5.74, 6) is 3.39. The normalized spacial score (nSPS) is 33.7. The molecule has 28 heavy (non-hydrogen) atoms. The van der Waals surface area contributed by atoms with Crippen molar-refractivity contribution in [3.05, 3.63) is 17.6 Å². The molecule has 0 saturated heterocycles. The van der Waals surface area contributed by atoms with E-state index in [4.69, 9.17) is 0 Å². The SMILES string of the molecule is CCCCCN1CCc2c(ncnc2NC(=O)C23CC4CC(CC(C4)C2)C3)C1. The van der Waals surface area contributed by atoms with Crippen LogP contribution in [0.1, 0.15) is 76.0 Å². The van der Waals surface area contributed by atoms with Gasteiger partial charge in [0.25, 0.3) is 0 Å². The Labute approximate surface area is 168 Å². The van der Waals surface area contributed by atoms with Crippen LogP contribution in [0, 0.1) is 23.2 Å². The van der Waals surface area contributed by atoms with Gasteiger partial charge in [-0.05, 0) is 75.7 Å². The molecule has 152 valence electrons. The van der Waals surface area contributed by atoms with Crippen molar-refractivity contribution in [2.45, 2.75) is 77.7 Å². The highest BCUT2D eigenvalue weighted by molar-refractivity contribution is 5.95. The number of fused-ring (bicyclic) bond motifs is 1. The minimum absolute atomic E-state index is 0.118. The Balaban J connectivity index is 1.29. The average molecular weight is 383 g/mol. The van der Waals surface area contributed by atoms with E-state index in [0.29, 0.717) is 0 Å². The number of hydrogen-bond acceptors (Lipinski definition) is 4. The van der Waals surface area contributed by atoms with E-state index in [-0.39, 0.29) is 11.3 Å². The Hall–Kier alpha value is -1.49. The van der Waals surface area contributed by atoms with Crippen molar-refractivity contribution in [1.29, 1.82) is 0 Å². The number of anilines is 1. The number of aromatic nitrogens is 2. The maximum atomic E-state index is 13.4. The molecule has 2 heterocycles. The first kappa shape index (κ1) is 18.5. The van der Waals surface area contributed by atoms with Crippen molar-refractivity contribution < 1.29 is 4.79 Å². The molecular formula is C23H34N4O. The molecule has 4 saturated carbocycles. The number of unbranched alkanes of at least 4 members (excludes halogenated alkanes) is 2. The Morgan fingerprint density at radius 1 is 1.14 bits per heavy atom. The number of carbonyl (C=O) groups excluding carboxylic acids is 1. The molecule has 4 fully saturated rings. The lowest BCUT2D eigenvalue weighted by molar-refractivity contribution is -0.140. The van der Waals surface area contributed by atoms with Crippen molar-refractivity contribution in [1.82, 2.24) is 14.9 Å². The fourth-order valence-electron chi connectivity index (χ4n) is 6.92. The zero-order chi connectivity index (χ0) is 19.1. The van der Waals surface area contributed by atoms with Gasteiger partial charge in [0.05, 0.1) is 11.1 Å². The number of amides is 1. The third-order valence-corrected chi connectivity index (χ3v) is 7.92. The van der Waals surface area contributed by atoms with Crippen LogP contribution in [-0.2, 0) is 17.8 Å². The Kier molecular flexibility index (Phi) is 4.90. The molecule has 5 nitrogen and oxygen atoms in total. The molecule has 4 aliphatic carbocycles. The van der Waals surface area contributed by atoms with Crippen LogP contribution in [0.25, 0.3) is 0 Å². The van der Waals surface area contributed by atoms with Gasteiger partial charge in [0.2, 0.25) is 5.91 Å². The molecule has 5 heteroatoms. The molecule has 1 aromatic rings. The Morgan fingerprint density at radius 2 is 1.86 bits per heavy atom. The Morgan fingerprint density at radius 3 is 2.54 bits per heavy atom. The number of nitrogens with zero attached hydrogens (tertiary/aromatic N) is 3. The Bertz CT molecular complexity index is 711. The average Bonchev–Trinajstić information content (AvgIpc) is 2.67. The van der Waals surface area contributed by atoms with Crippen molar-refractivity contribution >= 4 is 11.7 Å². The van der Waals surface area contributed by atoms with Crippen LogP contribution >= 0.6 is 0 Å². The molecule has 1 aliphatic heterocycles. The van der Waals surface area contributed by atoms with E-state index >= 15 is 0 Å². The summed E-state index contributed by atoms with van der Waals surface area (Å²) in [6, 6.07) is 0. The second kappa shape index (κ2) is 7.40. The van der Waals surface area contributed by atoms with E-state index in [2.05, 4.69) is 27.1 Å². The van der Waals surface area contributed by atoms with Gasteiger partial charge in [0.1, 0.15) is 12.1 Å². The van der Waals surface area contributed by atoms with Crippen LogP contribution < -0.4 is 5.32 Å². The zero-order valence-corrected chi connectivity index (χ0v) is 17.3. The summed E-state index contributed by atoms with van der Waals surface area (Å²) >= 11 is 0. The van der Waals surface area contributed by atoms with E-state index < -0.39 is 0 Å². The van der Waals surface area contributed by atoms with E-state index in [1.165, 1.54) is 44.1 Å². The lowest BCUT2D eigenvalue weighted by Gasteiger charge is -2.55.